The summed E-state index contributed by atoms with van der Waals surface area (Å²) in [6.45, 7) is -0.0511. The molecular weight excluding hydrogens is 230 g/mol. The summed E-state index contributed by atoms with van der Waals surface area (Å²) < 4.78 is 5.31. The summed E-state index contributed by atoms with van der Waals surface area (Å²) in [6.07, 6.45) is 4.82. The van der Waals surface area contributed by atoms with Crippen LogP contribution in [0.1, 0.15) is 5.56 Å². The minimum absolute atomic E-state index is 0.0511. The maximum Gasteiger partial charge on any atom is 0.232 e. The van der Waals surface area contributed by atoms with Gasteiger partial charge in [-0.2, -0.15) is 0 Å². The van der Waals surface area contributed by atoms with E-state index < -0.39 is 0 Å². The summed E-state index contributed by atoms with van der Waals surface area (Å²) in [5.74, 6) is 0. The minimum atomic E-state index is -0.122. The van der Waals surface area contributed by atoms with E-state index in [1.807, 2.05) is 18.2 Å². The van der Waals surface area contributed by atoms with Gasteiger partial charge in [-0.25, -0.2) is 0 Å². The summed E-state index contributed by atoms with van der Waals surface area (Å²) in [4.78, 5) is 15.4. The first-order valence-electron chi connectivity index (χ1n) is 5.61. The van der Waals surface area contributed by atoms with Gasteiger partial charge < -0.3 is 14.5 Å². The second-order valence-electron chi connectivity index (χ2n) is 3.98. The highest BCUT2D eigenvalue weighted by molar-refractivity contribution is 5.93. The molecule has 4 nitrogen and oxygen atoms in total. The number of hydrogen-bond donors (Lipinski definition) is 2. The van der Waals surface area contributed by atoms with Crippen LogP contribution in [-0.4, -0.2) is 16.7 Å². The predicted octanol–water partition coefficient (Wildman–Crippen LogP) is 2.28. The Bertz CT molecular complexity index is 796. The number of benzene rings is 1. The smallest absolute Gasteiger partial charge is 0.232 e. The number of aromatic nitrogens is 1. The lowest BCUT2D eigenvalue weighted by Crippen LogP contribution is -2.02. The fourth-order valence-corrected chi connectivity index (χ4v) is 2.02. The van der Waals surface area contributed by atoms with Crippen molar-refractivity contribution >= 4 is 28.1 Å². The molecule has 0 saturated carbocycles. The van der Waals surface area contributed by atoms with Crippen molar-refractivity contribution in [2.75, 3.05) is 6.61 Å². The molecule has 0 saturated heterocycles. The van der Waals surface area contributed by atoms with Crippen molar-refractivity contribution in [1.82, 2.24) is 4.98 Å². The van der Waals surface area contributed by atoms with Gasteiger partial charge in [-0.15, -0.1) is 0 Å². The van der Waals surface area contributed by atoms with Crippen molar-refractivity contribution in [2.45, 2.75) is 0 Å². The van der Waals surface area contributed by atoms with E-state index in [4.69, 9.17) is 9.52 Å². The van der Waals surface area contributed by atoms with Crippen molar-refractivity contribution in [3.63, 3.8) is 0 Å². The van der Waals surface area contributed by atoms with E-state index in [9.17, 15) is 4.79 Å². The molecule has 0 bridgehead atoms. The molecule has 0 aliphatic heterocycles. The summed E-state index contributed by atoms with van der Waals surface area (Å²) in [6, 6.07) is 7.30. The number of para-hydroxylation sites is 1. The molecular formula is C14H11NO3. The predicted molar refractivity (Wildman–Crippen MR) is 70.5 cm³/mol. The molecule has 0 aliphatic rings. The van der Waals surface area contributed by atoms with Crippen LogP contribution < -0.4 is 5.43 Å². The van der Waals surface area contributed by atoms with E-state index in [1.165, 1.54) is 6.26 Å². The third kappa shape index (κ3) is 1.55. The molecule has 3 rings (SSSR count). The number of fused-ring (bicyclic) bond motifs is 2. The second kappa shape index (κ2) is 4.16. The minimum Gasteiger partial charge on any atom is -0.458 e. The molecule has 18 heavy (non-hydrogen) atoms. The lowest BCUT2D eigenvalue weighted by atomic mass is 10.1. The number of aromatic amines is 1. The van der Waals surface area contributed by atoms with Gasteiger partial charge in [0.2, 0.25) is 5.43 Å². The Morgan fingerprint density at radius 3 is 3.00 bits per heavy atom. The number of rotatable bonds is 2. The van der Waals surface area contributed by atoms with Gasteiger partial charge in [-0.05, 0) is 12.1 Å². The van der Waals surface area contributed by atoms with Crippen LogP contribution in [0.5, 0.6) is 0 Å². The molecule has 1 aromatic carbocycles. The Labute approximate surface area is 102 Å². The fraction of sp³-hybridized carbons (Fsp3) is 0.0714. The number of aliphatic hydroxyl groups excluding tert-OH is 1. The Kier molecular flexibility index (Phi) is 2.50. The van der Waals surface area contributed by atoms with E-state index >= 15 is 0 Å². The Balaban J connectivity index is 2.39. The molecule has 2 aromatic heterocycles. The zero-order chi connectivity index (χ0) is 12.5. The molecule has 4 heteroatoms. The first-order valence-corrected chi connectivity index (χ1v) is 5.61. The summed E-state index contributed by atoms with van der Waals surface area (Å²) in [5, 5.41) is 9.38. The molecule has 0 amide bonds. The first-order chi connectivity index (χ1) is 8.81. The number of aliphatic hydroxyl groups is 1. The average molecular weight is 241 g/mol. The molecule has 3 aromatic rings. The lowest BCUT2D eigenvalue weighted by molar-refractivity contribution is 0.343. The monoisotopic (exact) mass is 241 g/mol. The van der Waals surface area contributed by atoms with Crippen LogP contribution in [-0.2, 0) is 0 Å². The van der Waals surface area contributed by atoms with Crippen LogP contribution >= 0.6 is 0 Å². The van der Waals surface area contributed by atoms with E-state index in [0.717, 1.165) is 11.1 Å². The lowest BCUT2D eigenvalue weighted by Gasteiger charge is -1.98. The molecule has 2 N–H and O–H groups in total. The third-order valence-corrected chi connectivity index (χ3v) is 2.86. The molecule has 90 valence electrons. The van der Waals surface area contributed by atoms with E-state index in [1.54, 1.807) is 18.2 Å². The second-order valence-corrected chi connectivity index (χ2v) is 3.98. The highest BCUT2D eigenvalue weighted by Gasteiger charge is 2.10. The molecule has 0 unspecified atom stereocenters. The van der Waals surface area contributed by atoms with Crippen molar-refractivity contribution in [2.24, 2.45) is 0 Å². The van der Waals surface area contributed by atoms with Gasteiger partial charge in [0.05, 0.1) is 12.1 Å². The van der Waals surface area contributed by atoms with Gasteiger partial charge in [0.15, 0.2) is 5.58 Å². The molecule has 0 radical (unpaired) electrons. The summed E-state index contributed by atoms with van der Waals surface area (Å²) in [5.41, 5.74) is 2.37. The quantitative estimate of drug-likeness (QED) is 0.723. The van der Waals surface area contributed by atoms with Crippen molar-refractivity contribution in [3.05, 3.63) is 52.4 Å². The first kappa shape index (κ1) is 10.8. The van der Waals surface area contributed by atoms with Gasteiger partial charge >= 0.3 is 0 Å². The SMILES string of the molecule is O=c1c2ccccc2[nH]c2c(/C=C\CO)coc12. The average Bonchev–Trinajstić information content (AvgIpc) is 2.80. The molecule has 0 atom stereocenters. The highest BCUT2D eigenvalue weighted by Crippen LogP contribution is 2.20. The largest absolute Gasteiger partial charge is 0.458 e. The van der Waals surface area contributed by atoms with Crippen LogP contribution in [0.3, 0.4) is 0 Å². The molecule has 0 spiro atoms. The van der Waals surface area contributed by atoms with Gasteiger partial charge in [0.1, 0.15) is 6.26 Å². The summed E-state index contributed by atoms with van der Waals surface area (Å²) in [7, 11) is 0. The van der Waals surface area contributed by atoms with E-state index in [2.05, 4.69) is 4.98 Å². The van der Waals surface area contributed by atoms with Crippen LogP contribution in [0, 0.1) is 0 Å². The van der Waals surface area contributed by atoms with Crippen LogP contribution in [0.15, 0.2) is 45.8 Å². The number of H-pyrrole nitrogens is 1. The van der Waals surface area contributed by atoms with Crippen LogP contribution in [0.25, 0.3) is 28.1 Å². The number of nitrogens with one attached hydrogen (secondary N) is 1. The molecule has 0 fully saturated rings. The van der Waals surface area contributed by atoms with Gasteiger partial charge in [-0.3, -0.25) is 4.79 Å². The van der Waals surface area contributed by atoms with Gasteiger partial charge in [0, 0.05) is 16.5 Å². The Morgan fingerprint density at radius 1 is 1.33 bits per heavy atom. The number of hydrogen-bond acceptors (Lipinski definition) is 3. The number of furan rings is 1. The Hall–Kier alpha value is -2.33. The molecule has 0 aliphatic carbocycles. The maximum atomic E-state index is 12.2. The zero-order valence-electron chi connectivity index (χ0n) is 9.51. The van der Waals surface area contributed by atoms with Crippen LogP contribution in [0.4, 0.5) is 0 Å². The van der Waals surface area contributed by atoms with E-state index in [-0.39, 0.29) is 12.0 Å². The standard InChI is InChI=1S/C14H11NO3/c16-7-3-4-9-8-18-14-12(9)15-11-6-2-1-5-10(11)13(14)17/h1-6,8,16H,7H2,(H,15,17)/b4-3-. The Morgan fingerprint density at radius 2 is 2.17 bits per heavy atom. The maximum absolute atomic E-state index is 12.2. The topological polar surface area (TPSA) is 66.2 Å². The summed E-state index contributed by atoms with van der Waals surface area (Å²) >= 11 is 0. The van der Waals surface area contributed by atoms with Gasteiger partial charge in [-0.1, -0.05) is 24.3 Å². The number of pyridine rings is 1. The van der Waals surface area contributed by atoms with Gasteiger partial charge in [0.25, 0.3) is 0 Å². The zero-order valence-corrected chi connectivity index (χ0v) is 9.51. The highest BCUT2D eigenvalue weighted by atomic mass is 16.3. The van der Waals surface area contributed by atoms with Crippen molar-refractivity contribution in [3.8, 4) is 0 Å². The van der Waals surface area contributed by atoms with Crippen molar-refractivity contribution < 1.29 is 9.52 Å². The van der Waals surface area contributed by atoms with E-state index in [0.29, 0.717) is 16.5 Å². The third-order valence-electron chi connectivity index (χ3n) is 2.86. The van der Waals surface area contributed by atoms with Crippen molar-refractivity contribution in [1.29, 1.82) is 0 Å². The van der Waals surface area contributed by atoms with Crippen LogP contribution in [0.2, 0.25) is 0 Å². The fourth-order valence-electron chi connectivity index (χ4n) is 2.02. The normalized spacial score (nSPS) is 11.8. The molecule has 2 heterocycles.